The largest absolute Gasteiger partial charge is 0.354 e. The summed E-state index contributed by atoms with van der Waals surface area (Å²) in [6.07, 6.45) is 1.89. The van der Waals surface area contributed by atoms with Gasteiger partial charge < -0.3 is 10.2 Å². The highest BCUT2D eigenvalue weighted by Crippen LogP contribution is 2.24. The molecule has 0 amide bonds. The first kappa shape index (κ1) is 15.7. The summed E-state index contributed by atoms with van der Waals surface area (Å²) in [5.74, 6) is 1.12. The van der Waals surface area contributed by atoms with E-state index in [1.54, 1.807) is 0 Å². The molecule has 112 valence electrons. The van der Waals surface area contributed by atoms with Gasteiger partial charge in [-0.15, -0.1) is 0 Å². The number of aromatic nitrogens is 1. The molecule has 2 rings (SSSR count). The number of rotatable bonds is 3. The minimum absolute atomic E-state index is 0.257. The number of piperazine rings is 1. The van der Waals surface area contributed by atoms with Crippen LogP contribution in [0.5, 0.6) is 0 Å². The number of nitrogens with zero attached hydrogens (tertiary/aromatic N) is 3. The zero-order valence-corrected chi connectivity index (χ0v) is 14.5. The first-order chi connectivity index (χ1) is 9.41. The van der Waals surface area contributed by atoms with Crippen LogP contribution >= 0.6 is 15.9 Å². The quantitative estimate of drug-likeness (QED) is 0.915. The second-order valence-corrected chi connectivity index (χ2v) is 7.23. The molecule has 1 aliphatic rings. The Balaban J connectivity index is 2.10. The van der Waals surface area contributed by atoms with E-state index in [0.717, 1.165) is 43.0 Å². The van der Waals surface area contributed by atoms with Gasteiger partial charge in [-0.3, -0.25) is 4.90 Å². The highest BCUT2D eigenvalue weighted by molar-refractivity contribution is 9.10. The van der Waals surface area contributed by atoms with Gasteiger partial charge in [0.15, 0.2) is 0 Å². The number of hydrogen-bond acceptors (Lipinski definition) is 4. The van der Waals surface area contributed by atoms with Crippen LogP contribution in [0.3, 0.4) is 0 Å². The van der Waals surface area contributed by atoms with Crippen molar-refractivity contribution in [2.75, 3.05) is 38.1 Å². The van der Waals surface area contributed by atoms with Gasteiger partial charge in [0, 0.05) is 54.5 Å². The van der Waals surface area contributed by atoms with Crippen molar-refractivity contribution in [3.05, 3.63) is 22.3 Å². The van der Waals surface area contributed by atoms with Crippen molar-refractivity contribution < 1.29 is 0 Å². The number of pyridine rings is 1. The van der Waals surface area contributed by atoms with Crippen molar-refractivity contribution in [2.24, 2.45) is 0 Å². The van der Waals surface area contributed by atoms with E-state index < -0.39 is 0 Å². The van der Waals surface area contributed by atoms with Crippen LogP contribution in [0.2, 0.25) is 0 Å². The van der Waals surface area contributed by atoms with Crippen LogP contribution in [0.25, 0.3) is 0 Å². The Kier molecular flexibility index (Phi) is 5.04. The van der Waals surface area contributed by atoms with E-state index in [9.17, 15) is 0 Å². The van der Waals surface area contributed by atoms with E-state index in [1.807, 2.05) is 13.2 Å². The summed E-state index contributed by atoms with van der Waals surface area (Å²) in [6.45, 7) is 12.0. The molecule has 0 spiro atoms. The molecule has 5 heteroatoms. The summed E-state index contributed by atoms with van der Waals surface area (Å²) >= 11 is 3.51. The van der Waals surface area contributed by atoms with Crippen molar-refractivity contribution >= 4 is 21.7 Å². The molecular weight excluding hydrogens is 316 g/mol. The average molecular weight is 341 g/mol. The first-order valence-electron chi connectivity index (χ1n) is 7.21. The highest BCUT2D eigenvalue weighted by atomic mass is 79.9. The molecule has 0 atom stereocenters. The van der Waals surface area contributed by atoms with Crippen molar-refractivity contribution in [3.63, 3.8) is 0 Å². The fourth-order valence-corrected chi connectivity index (χ4v) is 3.05. The second-order valence-electron chi connectivity index (χ2n) is 6.31. The topological polar surface area (TPSA) is 31.4 Å². The highest BCUT2D eigenvalue weighted by Gasteiger charge is 2.27. The van der Waals surface area contributed by atoms with E-state index in [4.69, 9.17) is 0 Å². The number of anilines is 1. The standard InChI is InChI=1S/C15H25BrN4/c1-15(2,3)20-7-5-19(6-8-20)14-12(10-17-4)9-13(16)11-18-14/h9,11,17H,5-8,10H2,1-4H3. The van der Waals surface area contributed by atoms with E-state index in [-0.39, 0.29) is 5.54 Å². The maximum atomic E-state index is 4.63. The molecule has 0 aliphatic carbocycles. The van der Waals surface area contributed by atoms with Gasteiger partial charge in [-0.2, -0.15) is 0 Å². The third kappa shape index (κ3) is 3.71. The lowest BCUT2D eigenvalue weighted by atomic mass is 10.0. The predicted molar refractivity (Wildman–Crippen MR) is 88.2 cm³/mol. The van der Waals surface area contributed by atoms with Gasteiger partial charge in [0.05, 0.1) is 0 Å². The lowest BCUT2D eigenvalue weighted by Crippen LogP contribution is -2.53. The van der Waals surface area contributed by atoms with Gasteiger partial charge in [-0.25, -0.2) is 4.98 Å². The van der Waals surface area contributed by atoms with Crippen LogP contribution in [0.1, 0.15) is 26.3 Å². The van der Waals surface area contributed by atoms with Crippen LogP contribution in [0.4, 0.5) is 5.82 Å². The van der Waals surface area contributed by atoms with E-state index in [0.29, 0.717) is 0 Å². The zero-order chi connectivity index (χ0) is 14.8. The molecule has 0 saturated carbocycles. The van der Waals surface area contributed by atoms with Crippen LogP contribution in [-0.4, -0.2) is 48.6 Å². The van der Waals surface area contributed by atoms with Crippen LogP contribution in [0, 0.1) is 0 Å². The van der Waals surface area contributed by atoms with E-state index in [2.05, 4.69) is 62.9 Å². The Labute approximate surface area is 130 Å². The van der Waals surface area contributed by atoms with Gasteiger partial charge in [0.1, 0.15) is 5.82 Å². The molecule has 0 radical (unpaired) electrons. The molecule has 1 fully saturated rings. The summed E-state index contributed by atoms with van der Waals surface area (Å²) in [7, 11) is 1.97. The van der Waals surface area contributed by atoms with Crippen LogP contribution < -0.4 is 10.2 Å². The average Bonchev–Trinajstić information content (AvgIpc) is 2.38. The van der Waals surface area contributed by atoms with Gasteiger partial charge in [-0.1, -0.05) is 0 Å². The Morgan fingerprint density at radius 1 is 1.25 bits per heavy atom. The summed E-state index contributed by atoms with van der Waals surface area (Å²) in [6, 6.07) is 2.16. The summed E-state index contributed by atoms with van der Waals surface area (Å²) in [5.41, 5.74) is 1.51. The lowest BCUT2D eigenvalue weighted by molar-refractivity contribution is 0.128. The number of nitrogens with one attached hydrogen (secondary N) is 1. The molecule has 1 N–H and O–H groups in total. The smallest absolute Gasteiger partial charge is 0.133 e. The number of halogens is 1. The van der Waals surface area contributed by atoms with Crippen LogP contribution in [0.15, 0.2) is 16.7 Å². The van der Waals surface area contributed by atoms with Crippen molar-refractivity contribution in [1.29, 1.82) is 0 Å². The summed E-state index contributed by atoms with van der Waals surface area (Å²) in [5, 5.41) is 3.23. The molecule has 1 aliphatic heterocycles. The SMILES string of the molecule is CNCc1cc(Br)cnc1N1CCN(C(C)(C)C)CC1. The summed E-state index contributed by atoms with van der Waals surface area (Å²) < 4.78 is 1.04. The minimum atomic E-state index is 0.257. The molecule has 0 unspecified atom stereocenters. The Hall–Kier alpha value is -0.650. The lowest BCUT2D eigenvalue weighted by Gasteiger charge is -2.43. The minimum Gasteiger partial charge on any atom is -0.354 e. The van der Waals surface area contributed by atoms with E-state index in [1.165, 1.54) is 5.56 Å². The zero-order valence-electron chi connectivity index (χ0n) is 12.9. The fourth-order valence-electron chi connectivity index (χ4n) is 2.67. The molecule has 2 heterocycles. The molecule has 1 aromatic rings. The fraction of sp³-hybridized carbons (Fsp3) is 0.667. The van der Waals surface area contributed by atoms with E-state index >= 15 is 0 Å². The molecule has 4 nitrogen and oxygen atoms in total. The molecule has 0 aromatic carbocycles. The van der Waals surface area contributed by atoms with Gasteiger partial charge >= 0.3 is 0 Å². The third-order valence-electron chi connectivity index (χ3n) is 3.80. The maximum Gasteiger partial charge on any atom is 0.133 e. The third-order valence-corrected chi connectivity index (χ3v) is 4.24. The molecule has 1 saturated heterocycles. The predicted octanol–water partition coefficient (Wildman–Crippen LogP) is 2.48. The van der Waals surface area contributed by atoms with Crippen molar-refractivity contribution in [2.45, 2.75) is 32.9 Å². The summed E-state index contributed by atoms with van der Waals surface area (Å²) in [4.78, 5) is 9.57. The van der Waals surface area contributed by atoms with Crippen molar-refractivity contribution in [1.82, 2.24) is 15.2 Å². The maximum absolute atomic E-state index is 4.63. The van der Waals surface area contributed by atoms with Gasteiger partial charge in [0.25, 0.3) is 0 Å². The van der Waals surface area contributed by atoms with Gasteiger partial charge in [0.2, 0.25) is 0 Å². The molecule has 1 aromatic heterocycles. The Morgan fingerprint density at radius 2 is 1.90 bits per heavy atom. The Bertz CT molecular complexity index is 448. The van der Waals surface area contributed by atoms with Gasteiger partial charge in [-0.05, 0) is 49.8 Å². The molecular formula is C15H25BrN4. The molecule has 0 bridgehead atoms. The monoisotopic (exact) mass is 340 g/mol. The Morgan fingerprint density at radius 3 is 2.45 bits per heavy atom. The van der Waals surface area contributed by atoms with Crippen LogP contribution in [-0.2, 0) is 6.54 Å². The normalized spacial score (nSPS) is 17.6. The molecule has 20 heavy (non-hydrogen) atoms. The second kappa shape index (κ2) is 6.41. The number of hydrogen-bond donors (Lipinski definition) is 1. The van der Waals surface area contributed by atoms with Crippen molar-refractivity contribution in [3.8, 4) is 0 Å². The first-order valence-corrected chi connectivity index (χ1v) is 8.00.